The molecule has 7 nitrogen and oxygen atoms in total. The summed E-state index contributed by atoms with van der Waals surface area (Å²) in [6.07, 6.45) is 0. The number of rotatable bonds is 7. The number of nitrogens with one attached hydrogen (secondary N) is 1. The number of ether oxygens (including phenoxy) is 1. The molecule has 0 aromatic carbocycles. The van der Waals surface area contributed by atoms with Crippen LogP contribution in [-0.2, 0) is 24.8 Å². The minimum atomic E-state index is -6.72. The number of nitrogens with zero attached hydrogens (tertiary/aromatic N) is 1. The highest BCUT2D eigenvalue weighted by Crippen LogP contribution is 2.36. The topological polar surface area (TPSA) is 96.1 Å². The van der Waals surface area contributed by atoms with E-state index in [0.29, 0.717) is 0 Å². The lowest BCUT2D eigenvalue weighted by Crippen LogP contribution is -3.11. The molecule has 0 unspecified atom stereocenters. The summed E-state index contributed by atoms with van der Waals surface area (Å²) in [4.78, 5) is 1.61. The van der Waals surface area contributed by atoms with Gasteiger partial charge in [0.05, 0.1) is 19.7 Å². The van der Waals surface area contributed by atoms with Gasteiger partial charge in [0.2, 0.25) is 0 Å². The second-order valence-corrected chi connectivity index (χ2v) is 7.54. The van der Waals surface area contributed by atoms with Gasteiger partial charge >= 0.3 is 11.0 Å². The fourth-order valence-corrected chi connectivity index (χ4v) is 2.77. The number of hydrogen-bond donors (Lipinski definition) is 1. The lowest BCUT2D eigenvalue weighted by Gasteiger charge is -2.22. The Morgan fingerprint density at radius 3 is 1.42 bits per heavy atom. The number of sulfonamides is 2. The van der Waals surface area contributed by atoms with Gasteiger partial charge in [-0.2, -0.15) is 26.3 Å². The van der Waals surface area contributed by atoms with Crippen molar-refractivity contribution in [2.24, 2.45) is 0 Å². The van der Waals surface area contributed by atoms with Crippen LogP contribution in [0.25, 0.3) is 4.13 Å². The molecule has 1 N–H and O–H groups in total. The van der Waals surface area contributed by atoms with Gasteiger partial charge in [-0.25, -0.2) is 16.8 Å². The minimum absolute atomic E-state index is 0.778. The molecule has 0 bridgehead atoms. The molecule has 0 aliphatic heterocycles. The Morgan fingerprint density at radius 2 is 1.21 bits per heavy atom. The van der Waals surface area contributed by atoms with Crippen LogP contribution in [0.3, 0.4) is 0 Å². The zero-order chi connectivity index (χ0) is 19.8. The van der Waals surface area contributed by atoms with Crippen molar-refractivity contribution in [3.8, 4) is 0 Å². The van der Waals surface area contributed by atoms with E-state index in [-0.39, 0.29) is 0 Å². The van der Waals surface area contributed by atoms with Gasteiger partial charge in [0.25, 0.3) is 0 Å². The summed E-state index contributed by atoms with van der Waals surface area (Å²) in [6, 6.07) is 0. The van der Waals surface area contributed by atoms with Gasteiger partial charge in [-0.05, 0) is 13.8 Å². The first-order chi connectivity index (χ1) is 10.6. The Bertz CT molecular complexity index is 512. The van der Waals surface area contributed by atoms with E-state index >= 15 is 0 Å². The number of alkyl halides is 6. The molecule has 0 spiro atoms. The van der Waals surface area contributed by atoms with Crippen LogP contribution in [0.1, 0.15) is 13.8 Å². The standard InChI is InChI=1S/C7H17NO.C2F6NO4S2/c1-4-8(5-2)6-7-9-3;3-1(4,5)14(10,11)9-15(12,13)2(6,7)8/h4-7H2,1-3H3;/q;-1/p+1. The van der Waals surface area contributed by atoms with E-state index in [0.717, 1.165) is 17.3 Å². The molecule has 0 aliphatic carbocycles. The molecule has 0 saturated heterocycles. The molecule has 0 aliphatic rings. The summed E-state index contributed by atoms with van der Waals surface area (Å²) >= 11 is 0. The second-order valence-electron chi connectivity index (χ2n) is 4.12. The number of halogens is 6. The highest BCUT2D eigenvalue weighted by molar-refractivity contribution is 8.13. The molecule has 0 saturated carbocycles. The maximum absolute atomic E-state index is 11.4. The number of hydrogen-bond acceptors (Lipinski definition) is 5. The van der Waals surface area contributed by atoms with Crippen LogP contribution in [0.4, 0.5) is 26.3 Å². The zero-order valence-electron chi connectivity index (χ0n) is 12.9. The van der Waals surface area contributed by atoms with Gasteiger partial charge < -0.3 is 13.8 Å². The molecule has 148 valence electrons. The smallest absolute Gasteiger partial charge is 0.421 e. The molecular weight excluding hydrogens is 394 g/mol. The molecule has 0 radical (unpaired) electrons. The Labute approximate surface area is 136 Å². The van der Waals surface area contributed by atoms with Crippen molar-refractivity contribution >= 4 is 20.0 Å². The van der Waals surface area contributed by atoms with E-state index in [1.54, 1.807) is 12.0 Å². The van der Waals surface area contributed by atoms with Gasteiger partial charge in [0.1, 0.15) is 6.54 Å². The Kier molecular flexibility index (Phi) is 10.4. The van der Waals surface area contributed by atoms with Gasteiger partial charge in [-0.3, -0.25) is 0 Å². The van der Waals surface area contributed by atoms with Crippen LogP contribution in [0.15, 0.2) is 0 Å². The van der Waals surface area contributed by atoms with E-state index in [4.69, 9.17) is 4.74 Å². The number of likely N-dealkylation sites (N-methyl/N-ethyl adjacent to an activating group) is 1. The van der Waals surface area contributed by atoms with Crippen molar-refractivity contribution in [1.29, 1.82) is 0 Å². The van der Waals surface area contributed by atoms with E-state index < -0.39 is 31.1 Å². The third kappa shape index (κ3) is 9.00. The maximum atomic E-state index is 11.4. The SMILES string of the molecule is CC[NH+](CC)CCOC.O=S(=O)([N-]S(=O)(=O)C(F)(F)F)C(F)(F)F. The predicted molar refractivity (Wildman–Crippen MR) is 72.1 cm³/mol. The summed E-state index contributed by atoms with van der Waals surface area (Å²) in [5.41, 5.74) is -12.4. The Morgan fingerprint density at radius 1 is 0.875 bits per heavy atom. The number of quaternary nitrogens is 1. The maximum Gasteiger partial charge on any atom is 0.480 e. The minimum Gasteiger partial charge on any atom is -0.421 e. The van der Waals surface area contributed by atoms with Crippen LogP contribution in [0, 0.1) is 0 Å². The molecule has 0 rings (SSSR count). The van der Waals surface area contributed by atoms with Crippen LogP contribution >= 0.6 is 0 Å². The molecule has 0 fully saturated rings. The van der Waals surface area contributed by atoms with Crippen molar-refractivity contribution in [3.05, 3.63) is 4.13 Å². The summed E-state index contributed by atoms with van der Waals surface area (Å²) in [7, 11) is -11.7. The third-order valence-corrected chi connectivity index (χ3v) is 5.18. The number of methoxy groups -OCH3 is 1. The largest absolute Gasteiger partial charge is 0.480 e. The van der Waals surface area contributed by atoms with Crippen molar-refractivity contribution < 1.29 is 52.8 Å². The lowest BCUT2D eigenvalue weighted by molar-refractivity contribution is -0.896. The van der Waals surface area contributed by atoms with Gasteiger partial charge in [0, 0.05) is 7.11 Å². The molecule has 15 heteroatoms. The fraction of sp³-hybridized carbons (Fsp3) is 1.00. The van der Waals surface area contributed by atoms with Crippen molar-refractivity contribution in [3.63, 3.8) is 0 Å². The first-order valence-electron chi connectivity index (χ1n) is 6.25. The highest BCUT2D eigenvalue weighted by atomic mass is 32.3. The zero-order valence-corrected chi connectivity index (χ0v) is 14.5. The Hall–Kier alpha value is -0.640. The summed E-state index contributed by atoms with van der Waals surface area (Å²) in [5, 5.41) is 0. The third-order valence-electron chi connectivity index (χ3n) is 2.44. The van der Waals surface area contributed by atoms with Gasteiger partial charge in [-0.15, -0.1) is 0 Å². The summed E-state index contributed by atoms with van der Waals surface area (Å²) < 4.78 is 114. The van der Waals surface area contributed by atoms with Crippen molar-refractivity contribution in [2.75, 3.05) is 33.4 Å². The predicted octanol–water partition coefficient (Wildman–Crippen LogP) is 0.617. The summed E-state index contributed by atoms with van der Waals surface area (Å²) in [6.45, 7) is 8.85. The normalized spacial score (nSPS) is 13.6. The lowest BCUT2D eigenvalue weighted by atomic mass is 10.5. The molecule has 0 aromatic rings. The second kappa shape index (κ2) is 9.74. The van der Waals surface area contributed by atoms with Crippen LogP contribution in [-0.4, -0.2) is 61.2 Å². The molecule has 0 heterocycles. The van der Waals surface area contributed by atoms with Crippen LogP contribution < -0.4 is 4.90 Å². The average Bonchev–Trinajstić information content (AvgIpc) is 2.37. The first kappa shape index (κ1) is 25.6. The molecule has 24 heavy (non-hydrogen) atoms. The summed E-state index contributed by atoms with van der Waals surface area (Å²) in [5.74, 6) is 0. The van der Waals surface area contributed by atoms with E-state index in [9.17, 15) is 43.2 Å². The van der Waals surface area contributed by atoms with Gasteiger partial charge in [0.15, 0.2) is 20.0 Å². The van der Waals surface area contributed by atoms with E-state index in [1.807, 2.05) is 0 Å². The monoisotopic (exact) mass is 412 g/mol. The quantitative estimate of drug-likeness (QED) is 0.619. The van der Waals surface area contributed by atoms with E-state index in [1.165, 1.54) is 13.1 Å². The van der Waals surface area contributed by atoms with Crippen LogP contribution in [0.2, 0.25) is 0 Å². The van der Waals surface area contributed by atoms with E-state index in [2.05, 4.69) is 13.8 Å². The van der Waals surface area contributed by atoms with Crippen molar-refractivity contribution in [1.82, 2.24) is 0 Å². The Balaban J connectivity index is 0. The highest BCUT2D eigenvalue weighted by Gasteiger charge is 2.46. The van der Waals surface area contributed by atoms with Gasteiger partial charge in [-0.1, -0.05) is 0 Å². The van der Waals surface area contributed by atoms with Crippen molar-refractivity contribution in [2.45, 2.75) is 24.9 Å². The fourth-order valence-electron chi connectivity index (χ4n) is 1.06. The molecule has 0 amide bonds. The molecular formula is C9H18F6N2O5S2. The molecule has 0 aromatic heterocycles. The average molecular weight is 412 g/mol. The molecule has 0 atom stereocenters. The first-order valence-corrected chi connectivity index (χ1v) is 9.13. The van der Waals surface area contributed by atoms with Crippen LogP contribution in [0.5, 0.6) is 0 Å².